The van der Waals surface area contributed by atoms with Gasteiger partial charge in [0.1, 0.15) is 12.7 Å². The van der Waals surface area contributed by atoms with E-state index in [1.54, 1.807) is 6.92 Å². The molecule has 3 fully saturated rings. The molecule has 0 bridgehead atoms. The fraction of sp³-hybridized carbons (Fsp3) is 0.714. The van der Waals surface area contributed by atoms with Crippen molar-refractivity contribution in [3.05, 3.63) is 12.2 Å². The Kier molecular flexibility index (Phi) is 4.45. The third-order valence-electron chi connectivity index (χ3n) is 3.37. The van der Waals surface area contributed by atoms with Gasteiger partial charge in [-0.1, -0.05) is 6.58 Å². The van der Waals surface area contributed by atoms with Gasteiger partial charge in [-0.25, -0.2) is 9.59 Å². The molecule has 2 aliphatic heterocycles. The van der Waals surface area contributed by atoms with Gasteiger partial charge < -0.3 is 18.9 Å². The second-order valence-electron chi connectivity index (χ2n) is 5.28. The Morgan fingerprint density at radius 2 is 2.00 bits per heavy atom. The number of esters is 2. The first-order valence-corrected chi connectivity index (χ1v) is 6.66. The van der Waals surface area contributed by atoms with Crippen LogP contribution in [0.15, 0.2) is 12.2 Å². The number of ether oxygens (including phenoxy) is 4. The summed E-state index contributed by atoms with van der Waals surface area (Å²) in [6.07, 6.45) is 2.38. The van der Waals surface area contributed by atoms with Crippen LogP contribution in [-0.2, 0) is 28.5 Å². The Morgan fingerprint density at radius 1 is 1.40 bits per heavy atom. The van der Waals surface area contributed by atoms with Gasteiger partial charge in [0.05, 0.1) is 20.3 Å². The zero-order valence-corrected chi connectivity index (χ0v) is 11.8. The smallest absolute Gasteiger partial charge is 0.340 e. The maximum Gasteiger partial charge on any atom is 0.340 e. The van der Waals surface area contributed by atoms with E-state index in [0.29, 0.717) is 31.3 Å². The quantitative estimate of drug-likeness (QED) is 0.423. The number of methoxy groups -OCH3 is 1. The van der Waals surface area contributed by atoms with Crippen molar-refractivity contribution in [1.82, 2.24) is 0 Å². The number of carbonyl (C=O) groups is 2. The maximum absolute atomic E-state index is 11.0. The number of rotatable bonds is 5. The highest BCUT2D eigenvalue weighted by Gasteiger charge is 2.62. The molecule has 6 heteroatoms. The molecule has 1 aliphatic carbocycles. The average Bonchev–Trinajstić information content (AvgIpc) is 3.31. The van der Waals surface area contributed by atoms with Crippen molar-refractivity contribution in [1.29, 1.82) is 0 Å². The molecule has 3 rings (SSSR count). The summed E-state index contributed by atoms with van der Waals surface area (Å²) >= 11 is 0. The summed E-state index contributed by atoms with van der Waals surface area (Å²) in [4.78, 5) is 21.7. The van der Waals surface area contributed by atoms with Crippen LogP contribution < -0.4 is 0 Å². The van der Waals surface area contributed by atoms with Crippen LogP contribution in [0.2, 0.25) is 0 Å². The predicted molar refractivity (Wildman–Crippen MR) is 68.9 cm³/mol. The minimum atomic E-state index is -0.491. The third kappa shape index (κ3) is 3.80. The van der Waals surface area contributed by atoms with E-state index in [0.717, 1.165) is 12.8 Å². The molecule has 6 nitrogen and oxygen atoms in total. The molecule has 2 atom stereocenters. The molecular formula is C14H20O6. The van der Waals surface area contributed by atoms with E-state index in [1.807, 2.05) is 0 Å². The lowest BCUT2D eigenvalue weighted by Gasteiger charge is -2.05. The Hall–Kier alpha value is -1.40. The molecule has 0 aromatic heterocycles. The van der Waals surface area contributed by atoms with E-state index < -0.39 is 5.60 Å². The van der Waals surface area contributed by atoms with Crippen molar-refractivity contribution in [3.63, 3.8) is 0 Å². The topological polar surface area (TPSA) is 77.7 Å². The number of hydrogen-bond acceptors (Lipinski definition) is 6. The van der Waals surface area contributed by atoms with E-state index in [2.05, 4.69) is 11.3 Å². The van der Waals surface area contributed by atoms with Gasteiger partial charge in [0.2, 0.25) is 0 Å². The van der Waals surface area contributed by atoms with Crippen molar-refractivity contribution in [3.8, 4) is 0 Å². The standard InChI is InChI=1S/2C7H10O3/c1-9-6(8)7(4-10-7)5-2-3-5;1-5(2)7(8)10-4-6-3-9-6/h5H,2-4H2,1H3;6H,1,3-4H2,2H3. The first kappa shape index (κ1) is 15.0. The summed E-state index contributed by atoms with van der Waals surface area (Å²) in [7, 11) is 1.41. The SMILES string of the molecule is C=C(C)C(=O)OCC1CO1.COC(=O)C1(C2CC2)CO1. The van der Waals surface area contributed by atoms with Crippen LogP contribution in [0, 0.1) is 5.92 Å². The summed E-state index contributed by atoms with van der Waals surface area (Å²) in [5.74, 6) is -0.0644. The van der Waals surface area contributed by atoms with Gasteiger partial charge in [0, 0.05) is 11.5 Å². The molecule has 0 spiro atoms. The lowest BCUT2D eigenvalue weighted by Crippen LogP contribution is -2.28. The Morgan fingerprint density at radius 3 is 2.35 bits per heavy atom. The van der Waals surface area contributed by atoms with Crippen molar-refractivity contribution < 1.29 is 28.5 Å². The van der Waals surface area contributed by atoms with Crippen LogP contribution in [0.1, 0.15) is 19.8 Å². The molecule has 3 aliphatic rings. The molecule has 1 saturated carbocycles. The molecule has 2 unspecified atom stereocenters. The van der Waals surface area contributed by atoms with Crippen LogP contribution >= 0.6 is 0 Å². The fourth-order valence-electron chi connectivity index (χ4n) is 1.78. The largest absolute Gasteiger partial charge is 0.467 e. The van der Waals surface area contributed by atoms with E-state index in [9.17, 15) is 9.59 Å². The van der Waals surface area contributed by atoms with E-state index >= 15 is 0 Å². The normalized spacial score (nSPS) is 29.6. The molecule has 2 saturated heterocycles. The number of hydrogen-bond donors (Lipinski definition) is 0. The second-order valence-corrected chi connectivity index (χ2v) is 5.28. The molecule has 20 heavy (non-hydrogen) atoms. The first-order valence-electron chi connectivity index (χ1n) is 6.66. The highest BCUT2D eigenvalue weighted by Crippen LogP contribution is 2.49. The zero-order valence-electron chi connectivity index (χ0n) is 11.8. The van der Waals surface area contributed by atoms with Crippen LogP contribution in [0.5, 0.6) is 0 Å². The zero-order chi connectivity index (χ0) is 14.8. The highest BCUT2D eigenvalue weighted by molar-refractivity contribution is 5.86. The summed E-state index contributed by atoms with van der Waals surface area (Å²) in [5, 5.41) is 0. The molecule has 112 valence electrons. The van der Waals surface area contributed by atoms with Crippen molar-refractivity contribution >= 4 is 11.9 Å². The molecule has 0 aromatic rings. The Bertz CT molecular complexity index is 404. The van der Waals surface area contributed by atoms with Gasteiger partial charge in [-0.05, 0) is 19.8 Å². The molecule has 2 heterocycles. The molecule has 0 aromatic carbocycles. The maximum atomic E-state index is 11.0. The predicted octanol–water partition coefficient (Wildman–Crippen LogP) is 0.843. The van der Waals surface area contributed by atoms with Crippen molar-refractivity contribution in [2.45, 2.75) is 31.5 Å². The van der Waals surface area contributed by atoms with Gasteiger partial charge in [0.15, 0.2) is 5.60 Å². The van der Waals surface area contributed by atoms with E-state index in [1.165, 1.54) is 7.11 Å². The van der Waals surface area contributed by atoms with Crippen molar-refractivity contribution in [2.24, 2.45) is 5.92 Å². The lowest BCUT2D eigenvalue weighted by atomic mass is 10.1. The van der Waals surface area contributed by atoms with Crippen LogP contribution in [0.3, 0.4) is 0 Å². The highest BCUT2D eigenvalue weighted by atomic mass is 16.6. The summed E-state index contributed by atoms with van der Waals surface area (Å²) in [5.41, 5.74) is -0.0602. The lowest BCUT2D eigenvalue weighted by molar-refractivity contribution is -0.147. The molecule has 0 radical (unpaired) electrons. The van der Waals surface area contributed by atoms with E-state index in [4.69, 9.17) is 14.2 Å². The van der Waals surface area contributed by atoms with Gasteiger partial charge in [-0.2, -0.15) is 0 Å². The number of epoxide rings is 2. The van der Waals surface area contributed by atoms with Crippen LogP contribution in [0.25, 0.3) is 0 Å². The van der Waals surface area contributed by atoms with Gasteiger partial charge in [0.25, 0.3) is 0 Å². The minimum absolute atomic E-state index is 0.142. The third-order valence-corrected chi connectivity index (χ3v) is 3.37. The monoisotopic (exact) mass is 284 g/mol. The van der Waals surface area contributed by atoms with Crippen LogP contribution in [-0.4, -0.2) is 50.6 Å². The summed E-state index contributed by atoms with van der Waals surface area (Å²) in [6, 6.07) is 0. The Balaban J connectivity index is 0.000000147. The van der Waals surface area contributed by atoms with E-state index in [-0.39, 0.29) is 18.0 Å². The van der Waals surface area contributed by atoms with Gasteiger partial charge in [-0.15, -0.1) is 0 Å². The molecular weight excluding hydrogens is 264 g/mol. The molecule has 0 N–H and O–H groups in total. The second kappa shape index (κ2) is 5.93. The fourth-order valence-corrected chi connectivity index (χ4v) is 1.78. The summed E-state index contributed by atoms with van der Waals surface area (Å²) in [6.45, 7) is 6.71. The van der Waals surface area contributed by atoms with Gasteiger partial charge >= 0.3 is 11.9 Å². The van der Waals surface area contributed by atoms with Gasteiger partial charge in [-0.3, -0.25) is 0 Å². The van der Waals surface area contributed by atoms with Crippen LogP contribution in [0.4, 0.5) is 0 Å². The Labute approximate surface area is 118 Å². The molecule has 0 amide bonds. The van der Waals surface area contributed by atoms with Crippen molar-refractivity contribution in [2.75, 3.05) is 26.9 Å². The summed E-state index contributed by atoms with van der Waals surface area (Å²) < 4.78 is 19.3. The number of carbonyl (C=O) groups excluding carboxylic acids is 2. The average molecular weight is 284 g/mol. The minimum Gasteiger partial charge on any atom is -0.467 e. The first-order chi connectivity index (χ1) is 9.49.